The fourth-order valence-corrected chi connectivity index (χ4v) is 2.49. The highest BCUT2D eigenvalue weighted by molar-refractivity contribution is 5.84. The molecule has 2 aromatic carbocycles. The Balaban J connectivity index is 1.60. The van der Waals surface area contributed by atoms with Gasteiger partial charge in [-0.1, -0.05) is 48.5 Å². The van der Waals surface area contributed by atoms with Crippen LogP contribution in [0.2, 0.25) is 0 Å². The average Bonchev–Trinajstić information content (AvgIpc) is 2.68. The van der Waals surface area contributed by atoms with Gasteiger partial charge in [0.2, 0.25) is 11.8 Å². The third kappa shape index (κ3) is 7.53. The zero-order valence-corrected chi connectivity index (χ0v) is 16.3. The SMILES string of the molecule is Cc1ccccc1/C=N/NC(=O)CCCCC(=O)N/N=C/c1ccccc1C. The molecule has 0 aliphatic heterocycles. The van der Waals surface area contributed by atoms with E-state index in [0.29, 0.717) is 25.7 Å². The Morgan fingerprint density at radius 3 is 1.54 bits per heavy atom. The Labute approximate surface area is 165 Å². The van der Waals surface area contributed by atoms with E-state index in [4.69, 9.17) is 0 Å². The van der Waals surface area contributed by atoms with Crippen LogP contribution >= 0.6 is 0 Å². The van der Waals surface area contributed by atoms with Crippen molar-refractivity contribution in [1.29, 1.82) is 0 Å². The lowest BCUT2D eigenvalue weighted by Gasteiger charge is -2.02. The van der Waals surface area contributed by atoms with Crippen molar-refractivity contribution in [3.8, 4) is 0 Å². The first-order valence-corrected chi connectivity index (χ1v) is 9.31. The maximum Gasteiger partial charge on any atom is 0.240 e. The second-order valence-electron chi connectivity index (χ2n) is 6.51. The summed E-state index contributed by atoms with van der Waals surface area (Å²) < 4.78 is 0. The molecule has 0 radical (unpaired) electrons. The Morgan fingerprint density at radius 1 is 0.750 bits per heavy atom. The van der Waals surface area contributed by atoms with Crippen LogP contribution in [-0.2, 0) is 9.59 Å². The monoisotopic (exact) mass is 378 g/mol. The highest BCUT2D eigenvalue weighted by Crippen LogP contribution is 2.04. The van der Waals surface area contributed by atoms with Crippen LogP contribution in [-0.4, -0.2) is 24.2 Å². The number of rotatable bonds is 9. The van der Waals surface area contributed by atoms with Gasteiger partial charge < -0.3 is 0 Å². The van der Waals surface area contributed by atoms with Crippen molar-refractivity contribution in [3.05, 3.63) is 70.8 Å². The average molecular weight is 378 g/mol. The Hall–Kier alpha value is -3.28. The van der Waals surface area contributed by atoms with Gasteiger partial charge in [-0.15, -0.1) is 0 Å². The lowest BCUT2D eigenvalue weighted by molar-refractivity contribution is -0.123. The molecule has 0 saturated heterocycles. The lowest BCUT2D eigenvalue weighted by Crippen LogP contribution is -2.19. The predicted molar refractivity (Wildman–Crippen MR) is 112 cm³/mol. The molecule has 6 nitrogen and oxygen atoms in total. The molecule has 28 heavy (non-hydrogen) atoms. The third-order valence-corrected chi connectivity index (χ3v) is 4.22. The molecule has 2 aromatic rings. The standard InChI is InChI=1S/C22H26N4O2/c1-17-9-3-5-11-19(17)15-23-25-21(27)13-7-8-14-22(28)26-24-16-20-12-6-4-10-18(20)2/h3-6,9-12,15-16H,7-8,13-14H2,1-2H3,(H,25,27)(H,26,28)/b23-15+,24-16+. The van der Waals surface area contributed by atoms with Crippen molar-refractivity contribution in [2.75, 3.05) is 0 Å². The van der Waals surface area contributed by atoms with Gasteiger partial charge in [-0.05, 0) is 48.9 Å². The minimum absolute atomic E-state index is 0.164. The molecule has 0 aliphatic carbocycles. The van der Waals surface area contributed by atoms with Crippen molar-refractivity contribution in [2.45, 2.75) is 39.5 Å². The second-order valence-corrected chi connectivity index (χ2v) is 6.51. The number of benzene rings is 2. The Bertz CT molecular complexity index is 788. The molecule has 0 atom stereocenters. The van der Waals surface area contributed by atoms with E-state index in [-0.39, 0.29) is 11.8 Å². The van der Waals surface area contributed by atoms with Crippen molar-refractivity contribution >= 4 is 24.2 Å². The second kappa shape index (κ2) is 11.4. The highest BCUT2D eigenvalue weighted by atomic mass is 16.2. The molecule has 0 bridgehead atoms. The molecule has 0 spiro atoms. The first-order valence-electron chi connectivity index (χ1n) is 9.31. The molecule has 2 rings (SSSR count). The molecule has 0 unspecified atom stereocenters. The maximum absolute atomic E-state index is 11.8. The molecule has 6 heteroatoms. The number of carbonyl (C=O) groups is 2. The van der Waals surface area contributed by atoms with Gasteiger partial charge in [0.1, 0.15) is 0 Å². The molecule has 0 heterocycles. The van der Waals surface area contributed by atoms with E-state index in [1.807, 2.05) is 62.4 Å². The Morgan fingerprint density at radius 2 is 1.14 bits per heavy atom. The molecular formula is C22H26N4O2. The molecule has 0 fully saturated rings. The number of nitrogens with zero attached hydrogens (tertiary/aromatic N) is 2. The zero-order chi connectivity index (χ0) is 20.2. The van der Waals surface area contributed by atoms with Crippen LogP contribution in [0.25, 0.3) is 0 Å². The minimum Gasteiger partial charge on any atom is -0.273 e. The van der Waals surface area contributed by atoms with Crippen LogP contribution in [0.3, 0.4) is 0 Å². The normalized spacial score (nSPS) is 11.1. The van der Waals surface area contributed by atoms with Gasteiger partial charge in [0.05, 0.1) is 12.4 Å². The van der Waals surface area contributed by atoms with E-state index in [9.17, 15) is 9.59 Å². The van der Waals surface area contributed by atoms with E-state index >= 15 is 0 Å². The Kier molecular flexibility index (Phi) is 8.59. The summed E-state index contributed by atoms with van der Waals surface area (Å²) in [7, 11) is 0. The molecule has 2 amide bonds. The van der Waals surface area contributed by atoms with Crippen LogP contribution in [0, 0.1) is 13.8 Å². The summed E-state index contributed by atoms with van der Waals surface area (Å²) in [4.78, 5) is 23.5. The number of hydrogen-bond acceptors (Lipinski definition) is 4. The van der Waals surface area contributed by atoms with E-state index in [2.05, 4.69) is 21.1 Å². The summed E-state index contributed by atoms with van der Waals surface area (Å²) in [6.45, 7) is 3.97. The van der Waals surface area contributed by atoms with Crippen molar-refractivity contribution in [1.82, 2.24) is 10.9 Å². The molecule has 0 saturated carbocycles. The summed E-state index contributed by atoms with van der Waals surface area (Å²) in [6, 6.07) is 15.6. The van der Waals surface area contributed by atoms with Gasteiger partial charge in [-0.3, -0.25) is 9.59 Å². The fourth-order valence-electron chi connectivity index (χ4n) is 2.49. The van der Waals surface area contributed by atoms with Gasteiger partial charge in [0, 0.05) is 12.8 Å². The quantitative estimate of drug-likeness (QED) is 0.398. The molecule has 0 aromatic heterocycles. The molecule has 0 aliphatic rings. The summed E-state index contributed by atoms with van der Waals surface area (Å²) in [5.41, 5.74) is 9.14. The highest BCUT2D eigenvalue weighted by Gasteiger charge is 2.03. The van der Waals surface area contributed by atoms with E-state index in [1.54, 1.807) is 12.4 Å². The van der Waals surface area contributed by atoms with Crippen molar-refractivity contribution in [3.63, 3.8) is 0 Å². The van der Waals surface area contributed by atoms with Gasteiger partial charge in [0.25, 0.3) is 0 Å². The zero-order valence-electron chi connectivity index (χ0n) is 16.3. The van der Waals surface area contributed by atoms with E-state index in [0.717, 1.165) is 22.3 Å². The van der Waals surface area contributed by atoms with Crippen LogP contribution in [0.4, 0.5) is 0 Å². The number of hydrogen-bond donors (Lipinski definition) is 2. The minimum atomic E-state index is -0.164. The number of unbranched alkanes of at least 4 members (excludes halogenated alkanes) is 1. The van der Waals surface area contributed by atoms with Crippen LogP contribution in [0.15, 0.2) is 58.7 Å². The number of amides is 2. The molecular weight excluding hydrogens is 352 g/mol. The third-order valence-electron chi connectivity index (χ3n) is 4.22. The van der Waals surface area contributed by atoms with Crippen LogP contribution in [0.5, 0.6) is 0 Å². The van der Waals surface area contributed by atoms with Crippen molar-refractivity contribution in [2.24, 2.45) is 10.2 Å². The van der Waals surface area contributed by atoms with Gasteiger partial charge in [-0.25, -0.2) is 10.9 Å². The predicted octanol–water partition coefficient (Wildman–Crippen LogP) is 3.46. The lowest BCUT2D eigenvalue weighted by atomic mass is 10.1. The van der Waals surface area contributed by atoms with E-state index < -0.39 is 0 Å². The number of nitrogens with one attached hydrogen (secondary N) is 2. The van der Waals surface area contributed by atoms with Gasteiger partial charge in [0.15, 0.2) is 0 Å². The van der Waals surface area contributed by atoms with E-state index in [1.165, 1.54) is 0 Å². The largest absolute Gasteiger partial charge is 0.273 e. The summed E-state index contributed by atoms with van der Waals surface area (Å²) in [5.74, 6) is -0.328. The first-order chi connectivity index (χ1) is 13.6. The topological polar surface area (TPSA) is 82.9 Å². The fraction of sp³-hybridized carbons (Fsp3) is 0.273. The first kappa shape index (κ1) is 21.0. The number of aryl methyl sites for hydroxylation is 2. The number of carbonyl (C=O) groups excluding carboxylic acids is 2. The van der Waals surface area contributed by atoms with Crippen LogP contribution in [0.1, 0.15) is 47.9 Å². The maximum atomic E-state index is 11.8. The summed E-state index contributed by atoms with van der Waals surface area (Å²) in [5, 5.41) is 7.94. The van der Waals surface area contributed by atoms with Gasteiger partial charge in [-0.2, -0.15) is 10.2 Å². The van der Waals surface area contributed by atoms with Gasteiger partial charge >= 0.3 is 0 Å². The summed E-state index contributed by atoms with van der Waals surface area (Å²) in [6.07, 6.45) is 5.14. The van der Waals surface area contributed by atoms with Crippen LogP contribution < -0.4 is 10.9 Å². The molecule has 2 N–H and O–H groups in total. The summed E-state index contributed by atoms with van der Waals surface area (Å²) >= 11 is 0. The number of hydrazone groups is 2. The van der Waals surface area contributed by atoms with Crippen molar-refractivity contribution < 1.29 is 9.59 Å². The smallest absolute Gasteiger partial charge is 0.240 e. The molecule has 146 valence electrons.